The van der Waals surface area contributed by atoms with Crippen LogP contribution in [0.2, 0.25) is 0 Å². The first-order valence-electron chi connectivity index (χ1n) is 10.9. The molecule has 1 aliphatic heterocycles. The number of benzene rings is 1. The van der Waals surface area contributed by atoms with Gasteiger partial charge in [-0.3, -0.25) is 4.99 Å². The van der Waals surface area contributed by atoms with Crippen molar-refractivity contribution in [3.63, 3.8) is 0 Å². The molecule has 0 atom stereocenters. The zero-order valence-electron chi connectivity index (χ0n) is 18.3. The van der Waals surface area contributed by atoms with Gasteiger partial charge in [-0.25, -0.2) is 13.1 Å². The molecule has 1 aromatic carbocycles. The Kier molecular flexibility index (Phi) is 9.87. The minimum Gasteiger partial charge on any atom is -0.352 e. The molecule has 0 aromatic heterocycles. The van der Waals surface area contributed by atoms with E-state index in [0.717, 1.165) is 30.2 Å². The molecule has 30 heavy (non-hydrogen) atoms. The van der Waals surface area contributed by atoms with Gasteiger partial charge in [-0.05, 0) is 49.3 Å². The summed E-state index contributed by atoms with van der Waals surface area (Å²) in [4.78, 5) is 7.00. The van der Waals surface area contributed by atoms with Crippen molar-refractivity contribution in [2.45, 2.75) is 63.7 Å². The standard InChI is InChI=1S/C22H36N4O2S.HI/c1-23-21(26-15-7-14-22(18-26)12-5-3-4-6-13-22)25-16-19-8-10-20(11-9-19)17-29(27,28)24-2;/h8-11,24H,3-7,12-18H2,1-2H3,(H,23,25);1H. The molecule has 2 fully saturated rings. The molecule has 2 aliphatic rings. The zero-order valence-corrected chi connectivity index (χ0v) is 21.5. The van der Waals surface area contributed by atoms with E-state index in [4.69, 9.17) is 0 Å². The van der Waals surface area contributed by atoms with E-state index in [1.165, 1.54) is 58.4 Å². The lowest BCUT2D eigenvalue weighted by Crippen LogP contribution is -2.50. The van der Waals surface area contributed by atoms with Crippen molar-refractivity contribution in [1.29, 1.82) is 0 Å². The first kappa shape index (κ1) is 25.4. The Hall–Kier alpha value is -0.870. The molecular formula is C22H37IN4O2S. The molecule has 1 saturated heterocycles. The third-order valence-corrected chi connectivity index (χ3v) is 7.81. The van der Waals surface area contributed by atoms with Gasteiger partial charge in [0.2, 0.25) is 10.0 Å². The van der Waals surface area contributed by atoms with Gasteiger partial charge in [-0.15, -0.1) is 24.0 Å². The number of sulfonamides is 1. The number of nitrogens with one attached hydrogen (secondary N) is 2. The molecule has 6 nitrogen and oxygen atoms in total. The van der Waals surface area contributed by atoms with Crippen molar-refractivity contribution in [1.82, 2.24) is 14.9 Å². The molecule has 2 N–H and O–H groups in total. The Morgan fingerprint density at radius 1 is 1.03 bits per heavy atom. The van der Waals surface area contributed by atoms with Crippen LogP contribution in [0.3, 0.4) is 0 Å². The molecule has 8 heteroatoms. The number of piperidine rings is 1. The van der Waals surface area contributed by atoms with Crippen LogP contribution < -0.4 is 10.0 Å². The molecule has 0 bridgehead atoms. The van der Waals surface area contributed by atoms with E-state index in [2.05, 4.69) is 19.9 Å². The monoisotopic (exact) mass is 548 g/mol. The number of nitrogens with zero attached hydrogens (tertiary/aromatic N) is 2. The van der Waals surface area contributed by atoms with Gasteiger partial charge >= 0.3 is 0 Å². The topological polar surface area (TPSA) is 73.8 Å². The van der Waals surface area contributed by atoms with E-state index in [1.807, 2.05) is 31.3 Å². The average molecular weight is 549 g/mol. The van der Waals surface area contributed by atoms with Crippen molar-refractivity contribution in [2.24, 2.45) is 10.4 Å². The number of aliphatic imine (C=N–C) groups is 1. The summed E-state index contributed by atoms with van der Waals surface area (Å²) in [5, 5.41) is 3.52. The maximum atomic E-state index is 11.7. The minimum absolute atomic E-state index is 0. The van der Waals surface area contributed by atoms with E-state index in [-0.39, 0.29) is 29.7 Å². The van der Waals surface area contributed by atoms with Gasteiger partial charge < -0.3 is 10.2 Å². The summed E-state index contributed by atoms with van der Waals surface area (Å²) < 4.78 is 25.7. The second kappa shape index (κ2) is 11.7. The Labute approximate surface area is 199 Å². The predicted molar refractivity (Wildman–Crippen MR) is 135 cm³/mol. The largest absolute Gasteiger partial charge is 0.352 e. The van der Waals surface area contributed by atoms with Gasteiger partial charge in [-0.2, -0.15) is 0 Å². The summed E-state index contributed by atoms with van der Waals surface area (Å²) in [7, 11) is 0.0697. The number of halogens is 1. The molecule has 1 aliphatic carbocycles. The lowest BCUT2D eigenvalue weighted by molar-refractivity contribution is 0.115. The van der Waals surface area contributed by atoms with E-state index in [9.17, 15) is 8.42 Å². The number of likely N-dealkylation sites (tertiary alicyclic amines) is 1. The molecule has 170 valence electrons. The summed E-state index contributed by atoms with van der Waals surface area (Å²) in [6, 6.07) is 7.75. The third kappa shape index (κ3) is 7.09. The van der Waals surface area contributed by atoms with Crippen LogP contribution in [0, 0.1) is 5.41 Å². The molecule has 0 unspecified atom stereocenters. The molecule has 0 amide bonds. The van der Waals surface area contributed by atoms with Crippen molar-refractivity contribution < 1.29 is 8.42 Å². The molecule has 1 heterocycles. The van der Waals surface area contributed by atoms with E-state index in [1.54, 1.807) is 0 Å². The highest BCUT2D eigenvalue weighted by molar-refractivity contribution is 14.0. The normalized spacial score (nSPS) is 19.8. The van der Waals surface area contributed by atoms with Gasteiger partial charge in [0, 0.05) is 26.7 Å². The quantitative estimate of drug-likeness (QED) is 0.333. The van der Waals surface area contributed by atoms with E-state index >= 15 is 0 Å². The smallest absolute Gasteiger partial charge is 0.215 e. The fraction of sp³-hybridized carbons (Fsp3) is 0.682. The highest BCUT2D eigenvalue weighted by Gasteiger charge is 2.36. The van der Waals surface area contributed by atoms with Gasteiger partial charge in [-0.1, -0.05) is 49.9 Å². The Morgan fingerprint density at radius 3 is 2.23 bits per heavy atom. The fourth-order valence-electron chi connectivity index (χ4n) is 4.83. The Morgan fingerprint density at radius 2 is 1.63 bits per heavy atom. The lowest BCUT2D eigenvalue weighted by atomic mass is 9.74. The maximum Gasteiger partial charge on any atom is 0.215 e. The fourth-order valence-corrected chi connectivity index (χ4v) is 5.61. The number of hydrogen-bond donors (Lipinski definition) is 2. The summed E-state index contributed by atoms with van der Waals surface area (Å²) >= 11 is 0. The zero-order chi connectivity index (χ0) is 20.7. The van der Waals surface area contributed by atoms with Crippen LogP contribution in [0.1, 0.15) is 62.5 Å². The van der Waals surface area contributed by atoms with E-state index in [0.29, 0.717) is 12.0 Å². The first-order valence-corrected chi connectivity index (χ1v) is 12.6. The van der Waals surface area contributed by atoms with Crippen LogP contribution in [0.25, 0.3) is 0 Å². The summed E-state index contributed by atoms with van der Waals surface area (Å²) in [6.45, 7) is 2.88. The lowest BCUT2D eigenvalue weighted by Gasteiger charge is -2.44. The number of rotatable bonds is 5. The molecular weight excluding hydrogens is 511 g/mol. The highest BCUT2D eigenvalue weighted by atomic mass is 127. The SMILES string of the molecule is CN=C(NCc1ccc(CS(=O)(=O)NC)cc1)N1CCCC2(CCCCCC2)C1.I. The van der Waals surface area contributed by atoms with Crippen molar-refractivity contribution in [3.8, 4) is 0 Å². The van der Waals surface area contributed by atoms with Crippen LogP contribution in [-0.2, 0) is 22.3 Å². The second-order valence-corrected chi connectivity index (χ2v) is 10.5. The third-order valence-electron chi connectivity index (χ3n) is 6.48. The minimum atomic E-state index is -3.24. The molecule has 3 rings (SSSR count). The maximum absolute atomic E-state index is 11.7. The van der Waals surface area contributed by atoms with Gasteiger partial charge in [0.1, 0.15) is 0 Å². The van der Waals surface area contributed by atoms with Crippen molar-refractivity contribution >= 4 is 40.0 Å². The van der Waals surface area contributed by atoms with Crippen LogP contribution in [0.5, 0.6) is 0 Å². The number of hydrogen-bond acceptors (Lipinski definition) is 3. The van der Waals surface area contributed by atoms with Crippen LogP contribution in [0.15, 0.2) is 29.3 Å². The van der Waals surface area contributed by atoms with Crippen LogP contribution in [-0.4, -0.2) is 46.5 Å². The van der Waals surface area contributed by atoms with Gasteiger partial charge in [0.25, 0.3) is 0 Å². The molecule has 1 spiro atoms. The molecule has 1 aromatic rings. The molecule has 0 radical (unpaired) electrons. The van der Waals surface area contributed by atoms with Crippen molar-refractivity contribution in [3.05, 3.63) is 35.4 Å². The first-order chi connectivity index (χ1) is 14.0. The van der Waals surface area contributed by atoms with Crippen molar-refractivity contribution in [2.75, 3.05) is 27.2 Å². The predicted octanol–water partition coefficient (Wildman–Crippen LogP) is 3.87. The van der Waals surface area contributed by atoms with Gasteiger partial charge in [0.05, 0.1) is 5.75 Å². The highest BCUT2D eigenvalue weighted by Crippen LogP contribution is 2.42. The van der Waals surface area contributed by atoms with Crippen LogP contribution in [0.4, 0.5) is 0 Å². The summed E-state index contributed by atoms with van der Waals surface area (Å²) in [6.07, 6.45) is 10.8. The van der Waals surface area contributed by atoms with Crippen LogP contribution >= 0.6 is 24.0 Å². The Bertz CT molecular complexity index is 788. The second-order valence-electron chi connectivity index (χ2n) is 8.62. The molecule has 1 saturated carbocycles. The van der Waals surface area contributed by atoms with E-state index < -0.39 is 10.0 Å². The average Bonchev–Trinajstić information content (AvgIpc) is 2.95. The van der Waals surface area contributed by atoms with Gasteiger partial charge in [0.15, 0.2) is 5.96 Å². The Balaban J connectivity index is 0.00000320. The summed E-state index contributed by atoms with van der Waals surface area (Å²) in [5.74, 6) is 0.990. The summed E-state index contributed by atoms with van der Waals surface area (Å²) in [5.41, 5.74) is 2.39. The number of guanidine groups is 1.